The van der Waals surface area contributed by atoms with Crippen LogP contribution >= 0.6 is 23.4 Å². The third kappa shape index (κ3) is 5.79. The zero-order valence-electron chi connectivity index (χ0n) is 17.4. The molecule has 0 aliphatic rings. The predicted molar refractivity (Wildman–Crippen MR) is 119 cm³/mol. The minimum Gasteiger partial charge on any atom is -0.351 e. The number of unbranched alkanes of at least 4 members (excludes halogenated alkanes) is 2. The maximum absolute atomic E-state index is 12.8. The Bertz CT molecular complexity index is 985. The number of amides is 1. The number of carbonyl (C=O) groups is 1. The van der Waals surface area contributed by atoms with E-state index in [1.807, 2.05) is 32.0 Å². The summed E-state index contributed by atoms with van der Waals surface area (Å²) in [5.74, 6) is 0.235. The van der Waals surface area contributed by atoms with Crippen LogP contribution in [0.15, 0.2) is 35.5 Å². The molecule has 3 rings (SSSR count). The standard InChI is InChI=1S/C21H25ClN6OS/c1-4-5-6-11-23-20(29)19-18(13-30-21-24-14(2)12-15(3)25-21)28(27-26-19)17-9-7-16(22)8-10-17/h7-10,12H,4-6,11,13H2,1-3H3,(H,23,29). The van der Waals surface area contributed by atoms with Crippen molar-refractivity contribution in [3.8, 4) is 5.69 Å². The van der Waals surface area contributed by atoms with Gasteiger partial charge in [-0.2, -0.15) is 0 Å². The lowest BCUT2D eigenvalue weighted by atomic mass is 10.2. The average molecular weight is 445 g/mol. The molecule has 0 aliphatic heterocycles. The van der Waals surface area contributed by atoms with Crippen LogP contribution in [-0.2, 0) is 5.75 Å². The first-order valence-corrected chi connectivity index (χ1v) is 11.3. The Morgan fingerprint density at radius 2 is 1.83 bits per heavy atom. The van der Waals surface area contributed by atoms with Gasteiger partial charge in [0.1, 0.15) is 0 Å². The van der Waals surface area contributed by atoms with Gasteiger partial charge in [-0.3, -0.25) is 4.79 Å². The van der Waals surface area contributed by atoms with Gasteiger partial charge >= 0.3 is 0 Å². The van der Waals surface area contributed by atoms with Crippen molar-refractivity contribution in [2.24, 2.45) is 0 Å². The van der Waals surface area contributed by atoms with E-state index in [2.05, 4.69) is 32.5 Å². The fraction of sp³-hybridized carbons (Fsp3) is 0.381. The minimum absolute atomic E-state index is 0.219. The fourth-order valence-corrected chi connectivity index (χ4v) is 4.02. The van der Waals surface area contributed by atoms with Crippen LogP contribution < -0.4 is 5.32 Å². The molecule has 0 bridgehead atoms. The van der Waals surface area contributed by atoms with Crippen LogP contribution in [-0.4, -0.2) is 37.4 Å². The van der Waals surface area contributed by atoms with Gasteiger partial charge in [-0.15, -0.1) is 5.10 Å². The zero-order chi connectivity index (χ0) is 21.5. The van der Waals surface area contributed by atoms with Crippen molar-refractivity contribution < 1.29 is 4.79 Å². The van der Waals surface area contributed by atoms with Crippen LogP contribution in [0.5, 0.6) is 0 Å². The van der Waals surface area contributed by atoms with E-state index in [1.54, 1.807) is 16.8 Å². The van der Waals surface area contributed by atoms with E-state index >= 15 is 0 Å². The second-order valence-electron chi connectivity index (χ2n) is 6.96. The number of aryl methyl sites for hydroxylation is 2. The topological polar surface area (TPSA) is 85.6 Å². The van der Waals surface area contributed by atoms with Crippen molar-refractivity contribution in [3.05, 3.63) is 58.1 Å². The summed E-state index contributed by atoms with van der Waals surface area (Å²) in [7, 11) is 0. The van der Waals surface area contributed by atoms with Gasteiger partial charge in [-0.25, -0.2) is 14.6 Å². The minimum atomic E-state index is -0.219. The number of hydrogen-bond acceptors (Lipinski definition) is 6. The van der Waals surface area contributed by atoms with E-state index in [9.17, 15) is 4.79 Å². The highest BCUT2D eigenvalue weighted by molar-refractivity contribution is 7.98. The van der Waals surface area contributed by atoms with Gasteiger partial charge in [0.05, 0.1) is 11.4 Å². The maximum atomic E-state index is 12.8. The molecule has 3 aromatic rings. The molecule has 2 heterocycles. The molecule has 0 atom stereocenters. The first-order chi connectivity index (χ1) is 14.5. The van der Waals surface area contributed by atoms with Crippen LogP contribution in [0.1, 0.15) is 53.8 Å². The van der Waals surface area contributed by atoms with Gasteiger partial charge in [0.2, 0.25) is 0 Å². The molecule has 9 heteroatoms. The van der Waals surface area contributed by atoms with Gasteiger partial charge in [0.25, 0.3) is 5.91 Å². The van der Waals surface area contributed by atoms with E-state index in [1.165, 1.54) is 11.8 Å². The molecule has 30 heavy (non-hydrogen) atoms. The molecular formula is C21H25ClN6OS. The number of nitrogens with zero attached hydrogens (tertiary/aromatic N) is 5. The molecule has 0 saturated heterocycles. The molecule has 0 saturated carbocycles. The second kappa shape index (κ2) is 10.5. The number of rotatable bonds is 9. The molecule has 158 valence electrons. The molecule has 0 unspecified atom stereocenters. The Hall–Kier alpha value is -2.45. The summed E-state index contributed by atoms with van der Waals surface area (Å²) < 4.78 is 1.67. The molecule has 2 aromatic heterocycles. The van der Waals surface area contributed by atoms with Crippen LogP contribution in [0.25, 0.3) is 5.69 Å². The van der Waals surface area contributed by atoms with Gasteiger partial charge in [0, 0.05) is 28.7 Å². The highest BCUT2D eigenvalue weighted by atomic mass is 35.5. The molecule has 7 nitrogen and oxygen atoms in total. The molecular weight excluding hydrogens is 420 g/mol. The summed E-state index contributed by atoms with van der Waals surface area (Å²) >= 11 is 7.47. The predicted octanol–water partition coefficient (Wildman–Crippen LogP) is 4.54. The number of thioether (sulfide) groups is 1. The fourth-order valence-electron chi connectivity index (χ4n) is 2.95. The van der Waals surface area contributed by atoms with Crippen molar-refractivity contribution in [3.63, 3.8) is 0 Å². The van der Waals surface area contributed by atoms with Crippen LogP contribution in [0.3, 0.4) is 0 Å². The van der Waals surface area contributed by atoms with Crippen molar-refractivity contribution in [1.29, 1.82) is 0 Å². The van der Waals surface area contributed by atoms with E-state index < -0.39 is 0 Å². The summed E-state index contributed by atoms with van der Waals surface area (Å²) in [4.78, 5) is 21.7. The van der Waals surface area contributed by atoms with Crippen molar-refractivity contribution in [2.75, 3.05) is 6.54 Å². The molecule has 0 radical (unpaired) electrons. The van der Waals surface area contributed by atoms with Crippen molar-refractivity contribution >= 4 is 29.3 Å². The quantitative estimate of drug-likeness (QED) is 0.296. The monoisotopic (exact) mass is 444 g/mol. The number of carbonyl (C=O) groups excluding carboxylic acids is 1. The summed E-state index contributed by atoms with van der Waals surface area (Å²) in [5, 5.41) is 12.7. The second-order valence-corrected chi connectivity index (χ2v) is 8.34. The van der Waals surface area contributed by atoms with E-state index in [0.29, 0.717) is 33.9 Å². The SMILES string of the molecule is CCCCCNC(=O)c1nnn(-c2ccc(Cl)cc2)c1CSc1nc(C)cc(C)n1. The highest BCUT2D eigenvalue weighted by Gasteiger charge is 2.21. The van der Waals surface area contributed by atoms with Gasteiger partial charge in [0.15, 0.2) is 10.9 Å². The lowest BCUT2D eigenvalue weighted by Crippen LogP contribution is -2.26. The largest absolute Gasteiger partial charge is 0.351 e. The van der Waals surface area contributed by atoms with E-state index in [4.69, 9.17) is 11.6 Å². The number of nitrogens with one attached hydrogen (secondary N) is 1. The highest BCUT2D eigenvalue weighted by Crippen LogP contribution is 2.24. The van der Waals surface area contributed by atoms with Crippen LogP contribution in [0, 0.1) is 13.8 Å². The molecule has 0 spiro atoms. The lowest BCUT2D eigenvalue weighted by Gasteiger charge is -2.09. The number of benzene rings is 1. The third-order valence-corrected chi connectivity index (χ3v) is 5.53. The molecule has 0 aliphatic carbocycles. The summed E-state index contributed by atoms with van der Waals surface area (Å²) in [6, 6.07) is 9.20. The average Bonchev–Trinajstić information content (AvgIpc) is 3.13. The molecule has 0 fully saturated rings. The van der Waals surface area contributed by atoms with E-state index in [-0.39, 0.29) is 5.91 Å². The molecule has 1 aromatic carbocycles. The number of aromatic nitrogens is 5. The van der Waals surface area contributed by atoms with Crippen molar-refractivity contribution in [1.82, 2.24) is 30.3 Å². The zero-order valence-corrected chi connectivity index (χ0v) is 18.9. The Morgan fingerprint density at radius 1 is 1.13 bits per heavy atom. The summed E-state index contributed by atoms with van der Waals surface area (Å²) in [6.07, 6.45) is 3.11. The Kier molecular flexibility index (Phi) is 7.81. The van der Waals surface area contributed by atoms with E-state index in [0.717, 1.165) is 36.3 Å². The van der Waals surface area contributed by atoms with Crippen LogP contribution in [0.2, 0.25) is 5.02 Å². The Labute approximate surface area is 185 Å². The number of halogens is 1. The van der Waals surface area contributed by atoms with Crippen LogP contribution in [0.4, 0.5) is 0 Å². The first kappa shape index (κ1) is 22.2. The Morgan fingerprint density at radius 3 is 2.50 bits per heavy atom. The molecule has 1 N–H and O–H groups in total. The summed E-state index contributed by atoms with van der Waals surface area (Å²) in [5.41, 5.74) is 3.61. The smallest absolute Gasteiger partial charge is 0.273 e. The van der Waals surface area contributed by atoms with Crippen molar-refractivity contribution in [2.45, 2.75) is 50.9 Å². The summed E-state index contributed by atoms with van der Waals surface area (Å²) in [6.45, 7) is 6.62. The molecule has 1 amide bonds. The first-order valence-electron chi connectivity index (χ1n) is 9.91. The maximum Gasteiger partial charge on any atom is 0.273 e. The van der Waals surface area contributed by atoms with Gasteiger partial charge in [-0.05, 0) is 50.6 Å². The third-order valence-electron chi connectivity index (χ3n) is 4.42. The van der Waals surface area contributed by atoms with Gasteiger partial charge < -0.3 is 5.32 Å². The normalized spacial score (nSPS) is 10.9. The Balaban J connectivity index is 1.87. The number of hydrogen-bond donors (Lipinski definition) is 1. The lowest BCUT2D eigenvalue weighted by molar-refractivity contribution is 0.0947. The van der Waals surface area contributed by atoms with Gasteiger partial charge in [-0.1, -0.05) is 48.3 Å².